The quantitative estimate of drug-likeness (QED) is 0.674. The summed E-state index contributed by atoms with van der Waals surface area (Å²) >= 11 is 1.59. The molecule has 1 aliphatic heterocycles. The summed E-state index contributed by atoms with van der Waals surface area (Å²) in [5.74, 6) is -0.510. The number of fused-ring (bicyclic) bond motifs is 1. The van der Waals surface area contributed by atoms with Crippen molar-refractivity contribution in [3.8, 4) is 0 Å². The molecule has 0 spiro atoms. The lowest BCUT2D eigenvalue weighted by atomic mass is 10.1. The van der Waals surface area contributed by atoms with Crippen molar-refractivity contribution in [2.45, 2.75) is 13.5 Å². The van der Waals surface area contributed by atoms with Crippen LogP contribution < -0.4 is 5.73 Å². The SMILES string of the molecule is Cc1ccc(CN2C(=O)c3ccc(N)cc3C2=O)s1. The van der Waals surface area contributed by atoms with Crippen LogP contribution in [-0.2, 0) is 6.54 Å². The zero-order chi connectivity index (χ0) is 13.6. The topological polar surface area (TPSA) is 63.4 Å². The lowest BCUT2D eigenvalue weighted by molar-refractivity contribution is 0.0644. The molecule has 2 heterocycles. The molecule has 19 heavy (non-hydrogen) atoms. The van der Waals surface area contributed by atoms with E-state index >= 15 is 0 Å². The Kier molecular flexibility index (Phi) is 2.64. The summed E-state index contributed by atoms with van der Waals surface area (Å²) in [7, 11) is 0. The van der Waals surface area contributed by atoms with Gasteiger partial charge in [-0.05, 0) is 37.3 Å². The molecular formula is C14H12N2O2S. The van der Waals surface area contributed by atoms with Gasteiger partial charge in [0.25, 0.3) is 11.8 Å². The Labute approximate surface area is 114 Å². The van der Waals surface area contributed by atoms with Gasteiger partial charge in [0.2, 0.25) is 0 Å². The van der Waals surface area contributed by atoms with Gasteiger partial charge in [-0.25, -0.2) is 0 Å². The fourth-order valence-corrected chi connectivity index (χ4v) is 3.06. The van der Waals surface area contributed by atoms with Crippen LogP contribution in [0.2, 0.25) is 0 Å². The Balaban J connectivity index is 1.94. The fourth-order valence-electron chi connectivity index (χ4n) is 2.18. The number of aryl methyl sites for hydroxylation is 1. The highest BCUT2D eigenvalue weighted by molar-refractivity contribution is 7.11. The Morgan fingerprint density at radius 2 is 1.84 bits per heavy atom. The summed E-state index contributed by atoms with van der Waals surface area (Å²) in [6.07, 6.45) is 0. The fraction of sp³-hybridized carbons (Fsp3) is 0.143. The van der Waals surface area contributed by atoms with Crippen LogP contribution in [0.1, 0.15) is 30.5 Å². The number of nitrogens with zero attached hydrogens (tertiary/aromatic N) is 1. The molecule has 0 fully saturated rings. The van der Waals surface area contributed by atoms with E-state index in [1.54, 1.807) is 29.5 Å². The van der Waals surface area contributed by atoms with Crippen molar-refractivity contribution >= 4 is 28.8 Å². The third kappa shape index (κ3) is 1.92. The molecule has 2 aromatic rings. The molecule has 2 amide bonds. The molecule has 2 N–H and O–H groups in total. The summed E-state index contributed by atoms with van der Waals surface area (Å²) in [6.45, 7) is 2.32. The Bertz CT molecular complexity index is 691. The van der Waals surface area contributed by atoms with E-state index in [9.17, 15) is 9.59 Å². The van der Waals surface area contributed by atoms with Gasteiger partial charge in [0.05, 0.1) is 17.7 Å². The average molecular weight is 272 g/mol. The van der Waals surface area contributed by atoms with Gasteiger partial charge in [0, 0.05) is 15.4 Å². The molecule has 0 radical (unpaired) electrons. The van der Waals surface area contributed by atoms with E-state index in [0.29, 0.717) is 23.4 Å². The molecule has 1 aliphatic rings. The van der Waals surface area contributed by atoms with Crippen LogP contribution in [0.4, 0.5) is 5.69 Å². The van der Waals surface area contributed by atoms with E-state index in [0.717, 1.165) is 9.75 Å². The van der Waals surface area contributed by atoms with Gasteiger partial charge in [-0.3, -0.25) is 14.5 Å². The first-order chi connectivity index (χ1) is 9.06. The molecule has 1 aromatic heterocycles. The largest absolute Gasteiger partial charge is 0.399 e. The second-order valence-corrected chi connectivity index (χ2v) is 5.89. The number of hydrogen-bond donors (Lipinski definition) is 1. The summed E-state index contributed by atoms with van der Waals surface area (Å²) in [4.78, 5) is 27.9. The van der Waals surface area contributed by atoms with Gasteiger partial charge in [-0.15, -0.1) is 11.3 Å². The van der Waals surface area contributed by atoms with Gasteiger partial charge in [0.15, 0.2) is 0 Å². The maximum atomic E-state index is 12.2. The Morgan fingerprint density at radius 1 is 1.11 bits per heavy atom. The number of benzene rings is 1. The van der Waals surface area contributed by atoms with Gasteiger partial charge in [0.1, 0.15) is 0 Å². The number of hydrogen-bond acceptors (Lipinski definition) is 4. The van der Waals surface area contributed by atoms with E-state index in [1.807, 2.05) is 19.1 Å². The second kappa shape index (κ2) is 4.20. The van der Waals surface area contributed by atoms with Crippen LogP contribution >= 0.6 is 11.3 Å². The lowest BCUT2D eigenvalue weighted by Gasteiger charge is -2.11. The molecule has 0 atom stereocenters. The van der Waals surface area contributed by atoms with Crippen molar-refractivity contribution in [1.29, 1.82) is 0 Å². The van der Waals surface area contributed by atoms with Gasteiger partial charge in [-0.1, -0.05) is 0 Å². The molecule has 0 saturated carbocycles. The second-order valence-electron chi connectivity index (χ2n) is 4.51. The van der Waals surface area contributed by atoms with Crippen LogP contribution in [0.25, 0.3) is 0 Å². The Morgan fingerprint density at radius 3 is 2.53 bits per heavy atom. The number of nitrogens with two attached hydrogens (primary N) is 1. The van der Waals surface area contributed by atoms with Gasteiger partial charge >= 0.3 is 0 Å². The highest BCUT2D eigenvalue weighted by atomic mass is 32.1. The van der Waals surface area contributed by atoms with Crippen LogP contribution in [0.3, 0.4) is 0 Å². The number of carbonyl (C=O) groups is 2. The highest BCUT2D eigenvalue weighted by Gasteiger charge is 2.35. The summed E-state index contributed by atoms with van der Waals surface area (Å²) in [6, 6.07) is 8.75. The van der Waals surface area contributed by atoms with Crippen molar-refractivity contribution in [2.24, 2.45) is 0 Å². The number of thiophene rings is 1. The number of carbonyl (C=O) groups excluding carboxylic acids is 2. The molecule has 0 aliphatic carbocycles. The molecule has 0 unspecified atom stereocenters. The number of anilines is 1. The zero-order valence-electron chi connectivity index (χ0n) is 10.3. The first-order valence-electron chi connectivity index (χ1n) is 5.87. The maximum absolute atomic E-state index is 12.2. The zero-order valence-corrected chi connectivity index (χ0v) is 11.2. The smallest absolute Gasteiger partial charge is 0.261 e. The molecule has 0 saturated heterocycles. The molecule has 3 rings (SSSR count). The van der Waals surface area contributed by atoms with E-state index in [1.165, 1.54) is 4.90 Å². The summed E-state index contributed by atoms with van der Waals surface area (Å²) in [5.41, 5.74) is 6.99. The summed E-state index contributed by atoms with van der Waals surface area (Å²) in [5, 5.41) is 0. The predicted octanol–water partition coefficient (Wildman–Crippen LogP) is 2.43. The molecular weight excluding hydrogens is 260 g/mol. The number of nitrogen functional groups attached to an aromatic ring is 1. The van der Waals surface area contributed by atoms with Crippen LogP contribution in [0, 0.1) is 6.92 Å². The lowest BCUT2D eigenvalue weighted by Crippen LogP contribution is -2.28. The molecule has 0 bridgehead atoms. The minimum absolute atomic E-state index is 0.244. The van der Waals surface area contributed by atoms with Crippen LogP contribution in [-0.4, -0.2) is 16.7 Å². The molecule has 5 heteroatoms. The first-order valence-corrected chi connectivity index (χ1v) is 6.69. The number of rotatable bonds is 2. The normalized spacial score (nSPS) is 14.1. The van der Waals surface area contributed by atoms with Crippen molar-refractivity contribution in [3.63, 3.8) is 0 Å². The van der Waals surface area contributed by atoms with E-state index in [4.69, 9.17) is 5.73 Å². The van der Waals surface area contributed by atoms with Crippen molar-refractivity contribution < 1.29 is 9.59 Å². The van der Waals surface area contributed by atoms with Crippen LogP contribution in [0.15, 0.2) is 30.3 Å². The highest BCUT2D eigenvalue weighted by Crippen LogP contribution is 2.27. The van der Waals surface area contributed by atoms with Gasteiger partial charge < -0.3 is 5.73 Å². The number of imide groups is 1. The first kappa shape index (κ1) is 11.9. The monoisotopic (exact) mass is 272 g/mol. The van der Waals surface area contributed by atoms with E-state index < -0.39 is 0 Å². The van der Waals surface area contributed by atoms with E-state index in [2.05, 4.69) is 0 Å². The molecule has 1 aromatic carbocycles. The van der Waals surface area contributed by atoms with E-state index in [-0.39, 0.29) is 11.8 Å². The Hall–Kier alpha value is -2.14. The average Bonchev–Trinajstić information content (AvgIpc) is 2.88. The minimum atomic E-state index is -0.265. The minimum Gasteiger partial charge on any atom is -0.399 e. The standard InChI is InChI=1S/C14H12N2O2S/c1-8-2-4-10(19-8)7-16-13(17)11-5-3-9(15)6-12(11)14(16)18/h2-6H,7,15H2,1H3. The summed E-state index contributed by atoms with van der Waals surface area (Å²) < 4.78 is 0. The molecule has 96 valence electrons. The maximum Gasteiger partial charge on any atom is 0.261 e. The van der Waals surface area contributed by atoms with Crippen molar-refractivity contribution in [3.05, 3.63) is 51.2 Å². The van der Waals surface area contributed by atoms with Gasteiger partial charge in [-0.2, -0.15) is 0 Å². The van der Waals surface area contributed by atoms with Crippen molar-refractivity contribution in [1.82, 2.24) is 4.90 Å². The predicted molar refractivity (Wildman–Crippen MR) is 74.1 cm³/mol. The van der Waals surface area contributed by atoms with Crippen molar-refractivity contribution in [2.75, 3.05) is 5.73 Å². The van der Waals surface area contributed by atoms with Crippen LogP contribution in [0.5, 0.6) is 0 Å². The third-order valence-electron chi connectivity index (χ3n) is 3.10. The molecule has 4 nitrogen and oxygen atoms in total. The number of amides is 2. The third-order valence-corrected chi connectivity index (χ3v) is 4.09.